The lowest BCUT2D eigenvalue weighted by Gasteiger charge is -2.21. The molecule has 0 bridgehead atoms. The summed E-state index contributed by atoms with van der Waals surface area (Å²) in [6.45, 7) is 0.764. The smallest absolute Gasteiger partial charge is 0.328 e. The van der Waals surface area contributed by atoms with Gasteiger partial charge in [0.1, 0.15) is 6.04 Å². The summed E-state index contributed by atoms with van der Waals surface area (Å²) in [6.07, 6.45) is -2.17. The first-order chi connectivity index (χ1) is 12.5. The van der Waals surface area contributed by atoms with E-state index in [1.54, 1.807) is 0 Å². The third-order valence-electron chi connectivity index (χ3n) is 3.15. The summed E-state index contributed by atoms with van der Waals surface area (Å²) in [4.78, 5) is 57.4. The number of aliphatic carboxylic acids is 1. The molecule has 154 valence electrons. The molecule has 0 aliphatic heterocycles. The van der Waals surface area contributed by atoms with Gasteiger partial charge in [-0.25, -0.2) is 9.59 Å². The molecule has 0 heterocycles. The van der Waals surface area contributed by atoms with Crippen LogP contribution in [0.1, 0.15) is 19.8 Å². The third kappa shape index (κ3) is 9.34. The predicted octanol–water partition coefficient (Wildman–Crippen LogP) is -4.78. The van der Waals surface area contributed by atoms with Gasteiger partial charge in [0, 0.05) is 6.61 Å². The number of hydrogen-bond acceptors (Lipinski definition) is 8. The number of carboxylic acid groups (broad SMARTS) is 1. The van der Waals surface area contributed by atoms with E-state index in [1.807, 2.05) is 21.5 Å². The highest BCUT2D eigenvalue weighted by atomic mass is 16.4. The summed E-state index contributed by atoms with van der Waals surface area (Å²) in [6, 6.07) is -5.50. The largest absolute Gasteiger partial charge is 0.480 e. The number of urea groups is 1. The molecule has 0 aromatic carbocycles. The van der Waals surface area contributed by atoms with Crippen LogP contribution in [0.25, 0.3) is 0 Å². The first-order valence-electron chi connectivity index (χ1n) is 7.71. The Hall–Kier alpha value is -2.97. The standard InChI is InChI=1S/C13H24N6O8/c1-5(21)9(12(25)26)17-13(27)16-7(4-8(15)22)11(24)19-18-10(23)6(14)2-3-20/h5-7,9,20-21H,2-4,14H2,1H3,(H2,15,22)(H,18,23)(H,19,24)(H,25,26)(H2,16,17,27)/t5?,6-,7?,9-/m0/s1. The topological polar surface area (TPSA) is 246 Å². The van der Waals surface area contributed by atoms with Gasteiger partial charge in [0.15, 0.2) is 6.04 Å². The molecular formula is C13H24N6O8. The molecule has 11 N–H and O–H groups in total. The summed E-state index contributed by atoms with van der Waals surface area (Å²) in [5.74, 6) is -4.37. The average Bonchev–Trinajstić information content (AvgIpc) is 2.55. The van der Waals surface area contributed by atoms with Crippen LogP contribution < -0.4 is 33.0 Å². The summed E-state index contributed by atoms with van der Waals surface area (Å²) < 4.78 is 0. The molecule has 0 rings (SSSR count). The molecule has 0 aliphatic carbocycles. The number of carboxylic acids is 1. The van der Waals surface area contributed by atoms with Crippen molar-refractivity contribution in [1.82, 2.24) is 21.5 Å². The van der Waals surface area contributed by atoms with E-state index in [2.05, 4.69) is 0 Å². The summed E-state index contributed by atoms with van der Waals surface area (Å²) in [7, 11) is 0. The SMILES string of the molecule is CC(O)[C@H](NC(=O)NC(CC(N)=O)C(=O)NNC(=O)[C@@H](N)CCO)C(=O)O. The van der Waals surface area contributed by atoms with Crippen molar-refractivity contribution in [3.05, 3.63) is 0 Å². The van der Waals surface area contributed by atoms with Gasteiger partial charge in [-0.2, -0.15) is 0 Å². The average molecular weight is 392 g/mol. The number of aliphatic hydroxyl groups excluding tert-OH is 2. The molecule has 0 aliphatic rings. The molecule has 0 aromatic heterocycles. The lowest BCUT2D eigenvalue weighted by Crippen LogP contribution is -2.59. The zero-order valence-corrected chi connectivity index (χ0v) is 14.5. The van der Waals surface area contributed by atoms with Crippen LogP contribution in [0.3, 0.4) is 0 Å². The fourth-order valence-electron chi connectivity index (χ4n) is 1.71. The van der Waals surface area contributed by atoms with Crippen molar-refractivity contribution in [2.45, 2.75) is 44.0 Å². The fourth-order valence-corrected chi connectivity index (χ4v) is 1.71. The molecule has 14 heteroatoms. The molecule has 2 unspecified atom stereocenters. The quantitative estimate of drug-likeness (QED) is 0.162. The number of nitrogens with one attached hydrogen (secondary N) is 4. The van der Waals surface area contributed by atoms with Crippen LogP contribution in [0.15, 0.2) is 0 Å². The van der Waals surface area contributed by atoms with Crippen LogP contribution in [-0.4, -0.2) is 75.9 Å². The first-order valence-corrected chi connectivity index (χ1v) is 7.71. The number of amides is 5. The number of nitrogens with two attached hydrogens (primary N) is 2. The van der Waals surface area contributed by atoms with E-state index in [4.69, 9.17) is 21.7 Å². The zero-order valence-electron chi connectivity index (χ0n) is 14.5. The summed E-state index contributed by atoms with van der Waals surface area (Å²) >= 11 is 0. The highest BCUT2D eigenvalue weighted by molar-refractivity contribution is 5.93. The van der Waals surface area contributed by atoms with E-state index >= 15 is 0 Å². The second-order valence-corrected chi connectivity index (χ2v) is 5.49. The van der Waals surface area contributed by atoms with Crippen LogP contribution in [0, 0.1) is 0 Å². The fraction of sp³-hybridized carbons (Fsp3) is 0.615. The second-order valence-electron chi connectivity index (χ2n) is 5.49. The van der Waals surface area contributed by atoms with Gasteiger partial charge in [-0.05, 0) is 13.3 Å². The normalized spacial score (nSPS) is 14.8. The molecule has 27 heavy (non-hydrogen) atoms. The molecule has 0 spiro atoms. The summed E-state index contributed by atoms with van der Waals surface area (Å²) in [5.41, 5.74) is 14.2. The van der Waals surface area contributed by atoms with Crippen molar-refractivity contribution in [3.63, 3.8) is 0 Å². The Morgan fingerprint density at radius 3 is 2.04 bits per heavy atom. The highest BCUT2D eigenvalue weighted by Crippen LogP contribution is 1.96. The Morgan fingerprint density at radius 2 is 1.59 bits per heavy atom. The van der Waals surface area contributed by atoms with Crippen LogP contribution in [0.5, 0.6) is 0 Å². The molecule has 0 radical (unpaired) electrons. The molecule has 0 saturated carbocycles. The van der Waals surface area contributed by atoms with Crippen molar-refractivity contribution >= 4 is 29.7 Å². The molecule has 14 nitrogen and oxygen atoms in total. The Labute approximate surface area is 153 Å². The van der Waals surface area contributed by atoms with Crippen molar-refractivity contribution < 1.29 is 39.3 Å². The van der Waals surface area contributed by atoms with E-state index < -0.39 is 60.4 Å². The minimum atomic E-state index is -1.67. The number of primary amides is 1. The van der Waals surface area contributed by atoms with E-state index in [-0.39, 0.29) is 13.0 Å². The maximum absolute atomic E-state index is 12.0. The molecular weight excluding hydrogens is 368 g/mol. The maximum Gasteiger partial charge on any atom is 0.328 e. The van der Waals surface area contributed by atoms with Gasteiger partial charge in [0.05, 0.1) is 18.6 Å². The molecule has 4 atom stereocenters. The van der Waals surface area contributed by atoms with E-state index in [0.717, 1.165) is 6.92 Å². The van der Waals surface area contributed by atoms with Gasteiger partial charge >= 0.3 is 12.0 Å². The number of rotatable bonds is 10. The molecule has 0 saturated heterocycles. The van der Waals surface area contributed by atoms with Crippen molar-refractivity contribution in [3.8, 4) is 0 Å². The lowest BCUT2D eigenvalue weighted by molar-refractivity contribution is -0.141. The van der Waals surface area contributed by atoms with Crippen LogP contribution in [0.2, 0.25) is 0 Å². The highest BCUT2D eigenvalue weighted by Gasteiger charge is 2.28. The van der Waals surface area contributed by atoms with Crippen molar-refractivity contribution in [2.24, 2.45) is 11.5 Å². The van der Waals surface area contributed by atoms with E-state index in [9.17, 15) is 29.1 Å². The van der Waals surface area contributed by atoms with Gasteiger partial charge in [-0.3, -0.25) is 25.2 Å². The number of carbonyl (C=O) groups excluding carboxylic acids is 4. The number of aliphatic hydroxyl groups is 2. The maximum atomic E-state index is 12.0. The lowest BCUT2D eigenvalue weighted by atomic mass is 10.1. The van der Waals surface area contributed by atoms with Crippen LogP contribution in [-0.2, 0) is 19.2 Å². The monoisotopic (exact) mass is 392 g/mol. The van der Waals surface area contributed by atoms with Gasteiger partial charge in [-0.15, -0.1) is 0 Å². The van der Waals surface area contributed by atoms with Crippen LogP contribution >= 0.6 is 0 Å². The Balaban J connectivity index is 4.88. The first kappa shape index (κ1) is 24.0. The van der Waals surface area contributed by atoms with Gasteiger partial charge < -0.3 is 37.4 Å². The predicted molar refractivity (Wildman–Crippen MR) is 88.3 cm³/mol. The summed E-state index contributed by atoms with van der Waals surface area (Å²) in [5, 5.41) is 30.8. The Morgan fingerprint density at radius 1 is 1.04 bits per heavy atom. The third-order valence-corrected chi connectivity index (χ3v) is 3.15. The number of carbonyl (C=O) groups is 5. The number of hydrogen-bond donors (Lipinski definition) is 9. The van der Waals surface area contributed by atoms with Gasteiger partial charge in [0.25, 0.3) is 11.8 Å². The van der Waals surface area contributed by atoms with Crippen LogP contribution in [0.4, 0.5) is 4.79 Å². The zero-order chi connectivity index (χ0) is 21.1. The van der Waals surface area contributed by atoms with Crippen molar-refractivity contribution in [2.75, 3.05) is 6.61 Å². The minimum absolute atomic E-state index is 0.0665. The Kier molecular flexibility index (Phi) is 10.3. The van der Waals surface area contributed by atoms with Gasteiger partial charge in [0.2, 0.25) is 5.91 Å². The molecule has 5 amide bonds. The van der Waals surface area contributed by atoms with Gasteiger partial charge in [-0.1, -0.05) is 0 Å². The second kappa shape index (κ2) is 11.6. The van der Waals surface area contributed by atoms with Crippen molar-refractivity contribution in [1.29, 1.82) is 0 Å². The molecule has 0 fully saturated rings. The van der Waals surface area contributed by atoms with E-state index in [1.165, 1.54) is 0 Å². The van der Waals surface area contributed by atoms with E-state index in [0.29, 0.717) is 0 Å². The minimum Gasteiger partial charge on any atom is -0.480 e. The molecule has 0 aromatic rings. The Bertz CT molecular complexity index is 569. The number of hydrazine groups is 1.